The summed E-state index contributed by atoms with van der Waals surface area (Å²) in [6.07, 6.45) is 3.79. The van der Waals surface area contributed by atoms with Crippen molar-refractivity contribution in [3.63, 3.8) is 0 Å². The fraction of sp³-hybridized carbons (Fsp3) is 0.189. The second-order valence-corrected chi connectivity index (χ2v) is 20.2. The van der Waals surface area contributed by atoms with E-state index < -0.39 is 0 Å². The van der Waals surface area contributed by atoms with Gasteiger partial charge < -0.3 is 12.4 Å². The Labute approximate surface area is 261 Å². The summed E-state index contributed by atoms with van der Waals surface area (Å²) in [4.78, 5) is 0. The van der Waals surface area contributed by atoms with Crippen LogP contribution in [0.15, 0.2) is 109 Å². The molecular weight excluding hydrogens is 599 g/mol. The molecule has 1 aliphatic rings. The van der Waals surface area contributed by atoms with E-state index in [9.17, 15) is 0 Å². The third-order valence-corrected chi connectivity index (χ3v) is 7.27. The monoisotopic (exact) mass is 633 g/mol. The van der Waals surface area contributed by atoms with Gasteiger partial charge in [-0.25, -0.2) is 0 Å². The largest absolute Gasteiger partial charge is 1.00 e. The zero-order chi connectivity index (χ0) is 27.4. The first-order valence-corrected chi connectivity index (χ1v) is 20.1. The van der Waals surface area contributed by atoms with Crippen molar-refractivity contribution >= 4 is 27.0 Å². The summed E-state index contributed by atoms with van der Waals surface area (Å²) in [7, 11) is 0. The molecule has 0 saturated carbocycles. The molecule has 6 aromatic carbocycles. The van der Waals surface area contributed by atoms with Crippen molar-refractivity contribution in [1.82, 2.24) is 0 Å². The summed E-state index contributed by atoms with van der Waals surface area (Å²) in [6, 6.07) is 39.5. The third kappa shape index (κ3) is 7.03. The van der Waals surface area contributed by atoms with E-state index in [2.05, 4.69) is 136 Å². The van der Waals surface area contributed by atoms with Crippen molar-refractivity contribution in [3.05, 3.63) is 131 Å². The first-order chi connectivity index (χ1) is 18.9. The molecular formula is C37H36ClSiZr-3. The van der Waals surface area contributed by atoms with Gasteiger partial charge in [0, 0.05) is 0 Å². The minimum Gasteiger partial charge on any atom is -1.00 e. The van der Waals surface area contributed by atoms with Crippen LogP contribution in [-0.4, -0.2) is 5.43 Å². The van der Waals surface area contributed by atoms with Crippen molar-refractivity contribution in [2.75, 3.05) is 0 Å². The molecule has 0 amide bonds. The van der Waals surface area contributed by atoms with E-state index in [1.807, 2.05) is 0 Å². The van der Waals surface area contributed by atoms with Gasteiger partial charge in [0.05, 0.1) is 0 Å². The molecule has 7 rings (SSSR count). The topological polar surface area (TPSA) is 0 Å². The Morgan fingerprint density at radius 2 is 1.23 bits per heavy atom. The predicted octanol–water partition coefficient (Wildman–Crippen LogP) is 7.35. The van der Waals surface area contributed by atoms with Gasteiger partial charge in [0.2, 0.25) is 0 Å². The van der Waals surface area contributed by atoms with Crippen LogP contribution >= 0.6 is 0 Å². The van der Waals surface area contributed by atoms with Crippen molar-refractivity contribution in [2.45, 2.75) is 46.2 Å². The van der Waals surface area contributed by atoms with Gasteiger partial charge in [-0.15, -0.1) is 63.0 Å². The van der Waals surface area contributed by atoms with Crippen LogP contribution in [-0.2, 0) is 36.2 Å². The molecule has 1 aliphatic carbocycles. The number of hydrogen-bond donors (Lipinski definition) is 0. The Bertz CT molecular complexity index is 1720. The number of rotatable bonds is 2. The molecule has 6 aromatic rings. The normalized spacial score (nSPS) is 11.6. The number of halogens is 1. The fourth-order valence-corrected chi connectivity index (χ4v) is 5.76. The van der Waals surface area contributed by atoms with Gasteiger partial charge in [0.25, 0.3) is 0 Å². The van der Waals surface area contributed by atoms with Gasteiger partial charge in [-0.3, -0.25) is 0 Å². The van der Waals surface area contributed by atoms with Gasteiger partial charge in [0.15, 0.2) is 0 Å². The molecule has 0 spiro atoms. The third-order valence-electron chi connectivity index (χ3n) is 7.27. The predicted molar refractivity (Wildman–Crippen MR) is 169 cm³/mol. The Hall–Kier alpha value is -2.51. The quantitative estimate of drug-likeness (QED) is 0.138. The molecule has 0 aromatic heterocycles. The minimum absolute atomic E-state index is 0. The van der Waals surface area contributed by atoms with Crippen molar-refractivity contribution < 1.29 is 35.7 Å². The molecule has 0 N–H and O–H groups in total. The molecule has 0 atom stereocenters. The Morgan fingerprint density at radius 1 is 0.650 bits per heavy atom. The maximum atomic E-state index is 2.41. The number of hydrogen-bond acceptors (Lipinski definition) is 0. The van der Waals surface area contributed by atoms with Crippen molar-refractivity contribution in [3.8, 4) is 22.3 Å². The maximum Gasteiger partial charge on any atom is -0.0276 e. The molecule has 0 unspecified atom stereocenters. The van der Waals surface area contributed by atoms with Crippen LogP contribution < -0.4 is 12.4 Å². The molecule has 0 fully saturated rings. The maximum absolute atomic E-state index is 2.41. The minimum atomic E-state index is 0. The number of benzene rings is 4. The fourth-order valence-electron chi connectivity index (χ4n) is 5.76. The standard InChI is InChI=1S/C19H17.C16H13.C2H6Si.ClH.Zr/c1-13-10-16-12-15-8-5-9-17(15)19(18(16)11-13)14-6-3-2-4-7-14;1-12-10-14-8-5-9-15(16(14)11-12)13-6-3-2-4-7-13;1-3-2;;/h2-4,6-7,10-12H,5,8-9H2,1H3;2-11H,1H3;1-2H3;1H;/q2*-1;;;/p-1. The van der Waals surface area contributed by atoms with Gasteiger partial charge in [-0.05, 0) is 30.4 Å². The molecule has 0 aliphatic heterocycles. The average molecular weight is 635 g/mol. The van der Waals surface area contributed by atoms with Crippen LogP contribution in [0.1, 0.15) is 28.7 Å². The molecule has 202 valence electrons. The molecule has 0 nitrogen and oxygen atoms in total. The second-order valence-electron chi connectivity index (χ2n) is 10.9. The average Bonchev–Trinajstić information content (AvgIpc) is 3.64. The SMILES string of the molecule is C[Si](C)=[Zr].Cc1cc2c(-c3ccccc3)c3c(cc2[cH-]1)CCC3.Cc1cc2c(-c3ccccc3)cccc2[cH-]1.[Cl-]. The summed E-state index contributed by atoms with van der Waals surface area (Å²) in [5.74, 6) is 0. The Morgan fingerprint density at radius 3 is 1.88 bits per heavy atom. The molecule has 0 bridgehead atoms. The van der Waals surface area contributed by atoms with Crippen LogP contribution in [0.25, 0.3) is 43.8 Å². The van der Waals surface area contributed by atoms with E-state index in [0.717, 1.165) is 0 Å². The first kappa shape index (κ1) is 30.4. The molecule has 0 heterocycles. The van der Waals surface area contributed by atoms with Crippen LogP contribution in [0.3, 0.4) is 0 Å². The summed E-state index contributed by atoms with van der Waals surface area (Å²) in [6.45, 7) is 8.96. The molecule has 40 heavy (non-hydrogen) atoms. The summed E-state index contributed by atoms with van der Waals surface area (Å²) in [5.41, 5.74) is 11.5. The Balaban J connectivity index is 0.000000162. The summed E-state index contributed by atoms with van der Waals surface area (Å²) < 4.78 is 0. The van der Waals surface area contributed by atoms with E-state index in [1.165, 1.54) is 74.2 Å². The van der Waals surface area contributed by atoms with Crippen LogP contribution in [0.4, 0.5) is 0 Å². The van der Waals surface area contributed by atoms with Gasteiger partial charge in [-0.1, -0.05) is 103 Å². The summed E-state index contributed by atoms with van der Waals surface area (Å²) >= 11 is 1.74. The second kappa shape index (κ2) is 13.9. The molecule has 3 heteroatoms. The molecule has 0 saturated heterocycles. The zero-order valence-electron chi connectivity index (χ0n) is 23.9. The zero-order valence-corrected chi connectivity index (χ0v) is 28.1. The van der Waals surface area contributed by atoms with Gasteiger partial charge in [-0.2, -0.15) is 12.1 Å². The smallest absolute Gasteiger partial charge is 0.0276 e. The first-order valence-electron chi connectivity index (χ1n) is 13.9. The van der Waals surface area contributed by atoms with Crippen molar-refractivity contribution in [1.29, 1.82) is 0 Å². The summed E-state index contributed by atoms with van der Waals surface area (Å²) in [5, 5.41) is 5.53. The van der Waals surface area contributed by atoms with E-state index in [1.54, 1.807) is 34.5 Å². The van der Waals surface area contributed by atoms with E-state index in [0.29, 0.717) is 0 Å². The van der Waals surface area contributed by atoms with E-state index in [-0.39, 0.29) is 17.8 Å². The van der Waals surface area contributed by atoms with Crippen LogP contribution in [0, 0.1) is 13.8 Å². The number of fused-ring (bicyclic) bond motifs is 3. The van der Waals surface area contributed by atoms with Crippen molar-refractivity contribution in [2.24, 2.45) is 0 Å². The van der Waals surface area contributed by atoms with Crippen LogP contribution in [0.5, 0.6) is 0 Å². The van der Waals surface area contributed by atoms with E-state index in [4.69, 9.17) is 0 Å². The van der Waals surface area contributed by atoms with Crippen LogP contribution in [0.2, 0.25) is 13.1 Å². The van der Waals surface area contributed by atoms with E-state index >= 15 is 0 Å². The number of aryl methyl sites for hydroxylation is 3. The van der Waals surface area contributed by atoms with Gasteiger partial charge >= 0.3 is 41.9 Å². The molecule has 0 radical (unpaired) electrons. The Kier molecular flexibility index (Phi) is 10.6. The van der Waals surface area contributed by atoms with Gasteiger partial charge in [0.1, 0.15) is 0 Å².